The van der Waals surface area contributed by atoms with E-state index in [9.17, 15) is 13.2 Å². The molecule has 0 bridgehead atoms. The van der Waals surface area contributed by atoms with Gasteiger partial charge in [-0.2, -0.15) is 0 Å². The minimum absolute atomic E-state index is 0.279. The Balaban J connectivity index is 1.53. The van der Waals surface area contributed by atoms with E-state index < -0.39 is 20.5 Å². The van der Waals surface area contributed by atoms with Gasteiger partial charge in [0.25, 0.3) is 0 Å². The van der Waals surface area contributed by atoms with Crippen LogP contribution in [0.1, 0.15) is 46.5 Å². The Bertz CT molecular complexity index is 963. The Labute approximate surface area is 159 Å². The monoisotopic (exact) mass is 396 g/mol. The topological polar surface area (TPSA) is 106 Å². The van der Waals surface area contributed by atoms with Crippen LogP contribution in [-0.2, 0) is 17.1 Å². The lowest BCUT2D eigenvalue weighted by Crippen LogP contribution is -2.42. The Kier molecular flexibility index (Phi) is 5.36. The van der Waals surface area contributed by atoms with Crippen LogP contribution in [0.25, 0.3) is 11.1 Å². The molecule has 2 aromatic rings. The van der Waals surface area contributed by atoms with Gasteiger partial charge in [0, 0.05) is 25.7 Å². The van der Waals surface area contributed by atoms with Crippen molar-refractivity contribution in [3.05, 3.63) is 22.8 Å². The lowest BCUT2D eigenvalue weighted by atomic mass is 9.86. The molecule has 0 spiro atoms. The number of aromatic nitrogens is 2. The lowest BCUT2D eigenvalue weighted by Gasteiger charge is -2.30. The van der Waals surface area contributed by atoms with Crippen LogP contribution in [-0.4, -0.2) is 35.3 Å². The third-order valence-corrected chi connectivity index (χ3v) is 7.40. The number of nitrogens with zero attached hydrogens (tertiary/aromatic N) is 2. The van der Waals surface area contributed by atoms with Crippen molar-refractivity contribution in [2.75, 3.05) is 11.9 Å². The number of pyridine rings is 1. The summed E-state index contributed by atoms with van der Waals surface area (Å²) in [5, 5.41) is 3.40. The average Bonchev–Trinajstić information content (AvgIpc) is 2.87. The van der Waals surface area contributed by atoms with Crippen molar-refractivity contribution in [2.24, 2.45) is 13.0 Å². The zero-order valence-corrected chi connectivity index (χ0v) is 17.1. The number of anilines is 1. The molecule has 0 saturated heterocycles. The van der Waals surface area contributed by atoms with E-state index in [0.29, 0.717) is 29.4 Å². The van der Waals surface area contributed by atoms with E-state index in [1.54, 1.807) is 40.1 Å². The first-order valence-corrected chi connectivity index (χ1v) is 10.8. The normalized spacial score (nSPS) is 21.5. The second kappa shape index (κ2) is 7.27. The average molecular weight is 397 g/mol. The molecule has 1 aliphatic rings. The standard InChI is InChI=1S/C18H28N4O4S/c1-18(2,3)27(24,25)20-10-12-5-7-13(8-6-12)21-16-9-15-14(11-19-16)22(4)17(23)26-15/h9,11-13,20H,5-8,10H2,1-4H3,(H,19,21). The number of hydrogen-bond donors (Lipinski definition) is 2. The van der Waals surface area contributed by atoms with Crippen molar-refractivity contribution in [3.8, 4) is 0 Å². The van der Waals surface area contributed by atoms with Gasteiger partial charge in [-0.3, -0.25) is 4.57 Å². The quantitative estimate of drug-likeness (QED) is 0.803. The third-order valence-electron chi connectivity index (χ3n) is 5.25. The predicted octanol–water partition coefficient (Wildman–Crippen LogP) is 2.22. The van der Waals surface area contributed by atoms with Crippen LogP contribution in [0.2, 0.25) is 0 Å². The van der Waals surface area contributed by atoms with Crippen LogP contribution in [0.15, 0.2) is 21.5 Å². The number of fused-ring (bicyclic) bond motifs is 1. The molecule has 0 atom stereocenters. The molecule has 1 saturated carbocycles. The number of rotatable bonds is 5. The molecule has 2 N–H and O–H groups in total. The van der Waals surface area contributed by atoms with Crippen LogP contribution in [0, 0.1) is 5.92 Å². The van der Waals surface area contributed by atoms with E-state index >= 15 is 0 Å². The Morgan fingerprint density at radius 1 is 1.26 bits per heavy atom. The molecule has 0 aliphatic heterocycles. The summed E-state index contributed by atoms with van der Waals surface area (Å²) in [6, 6.07) is 2.03. The molecule has 0 amide bonds. The van der Waals surface area contributed by atoms with Crippen LogP contribution in [0.5, 0.6) is 0 Å². The van der Waals surface area contributed by atoms with Crippen LogP contribution in [0.3, 0.4) is 0 Å². The molecule has 2 aromatic heterocycles. The molecule has 0 aromatic carbocycles. The second-order valence-electron chi connectivity index (χ2n) is 8.29. The number of hydrogen-bond acceptors (Lipinski definition) is 6. The highest BCUT2D eigenvalue weighted by atomic mass is 32.2. The molecule has 27 heavy (non-hydrogen) atoms. The molecule has 2 heterocycles. The van der Waals surface area contributed by atoms with Crippen LogP contribution < -0.4 is 15.8 Å². The van der Waals surface area contributed by atoms with Gasteiger partial charge < -0.3 is 9.73 Å². The lowest BCUT2D eigenvalue weighted by molar-refractivity contribution is 0.336. The first-order valence-electron chi connectivity index (χ1n) is 9.28. The van der Waals surface area contributed by atoms with E-state index in [1.807, 2.05) is 0 Å². The van der Waals surface area contributed by atoms with E-state index in [2.05, 4.69) is 15.0 Å². The fourth-order valence-corrected chi connectivity index (χ4v) is 4.16. The van der Waals surface area contributed by atoms with E-state index in [4.69, 9.17) is 4.42 Å². The summed E-state index contributed by atoms with van der Waals surface area (Å²) in [6.07, 6.45) is 5.43. The molecule has 9 heteroatoms. The number of nitrogens with one attached hydrogen (secondary N) is 2. The zero-order valence-electron chi connectivity index (χ0n) is 16.3. The van der Waals surface area contributed by atoms with Crippen molar-refractivity contribution in [2.45, 2.75) is 57.2 Å². The summed E-state index contributed by atoms with van der Waals surface area (Å²) in [7, 11) is -1.64. The Morgan fingerprint density at radius 2 is 1.93 bits per heavy atom. The second-order valence-corrected chi connectivity index (χ2v) is 10.8. The minimum atomic E-state index is -3.30. The molecular formula is C18H28N4O4S. The maximum atomic E-state index is 12.2. The van der Waals surface area contributed by atoms with Crippen molar-refractivity contribution in [3.63, 3.8) is 0 Å². The van der Waals surface area contributed by atoms with Gasteiger partial charge in [0.2, 0.25) is 10.0 Å². The fourth-order valence-electron chi connectivity index (χ4n) is 3.27. The van der Waals surface area contributed by atoms with Gasteiger partial charge in [-0.05, 0) is 52.4 Å². The molecule has 150 valence electrons. The van der Waals surface area contributed by atoms with Crippen molar-refractivity contribution in [1.29, 1.82) is 0 Å². The smallest absolute Gasteiger partial charge is 0.408 e. The van der Waals surface area contributed by atoms with Crippen LogP contribution >= 0.6 is 0 Å². The van der Waals surface area contributed by atoms with Gasteiger partial charge in [-0.1, -0.05) is 0 Å². The summed E-state index contributed by atoms with van der Waals surface area (Å²) < 4.78 is 32.9. The summed E-state index contributed by atoms with van der Waals surface area (Å²) >= 11 is 0. The van der Waals surface area contributed by atoms with Gasteiger partial charge in [0.15, 0.2) is 5.58 Å². The van der Waals surface area contributed by atoms with Crippen molar-refractivity contribution >= 4 is 26.9 Å². The van der Waals surface area contributed by atoms with Gasteiger partial charge in [0.1, 0.15) is 11.3 Å². The molecular weight excluding hydrogens is 368 g/mol. The van der Waals surface area contributed by atoms with Crippen molar-refractivity contribution < 1.29 is 12.8 Å². The summed E-state index contributed by atoms with van der Waals surface area (Å²) in [5.41, 5.74) is 1.19. The molecule has 0 radical (unpaired) electrons. The number of oxazole rings is 1. The Hall–Kier alpha value is -1.87. The largest absolute Gasteiger partial charge is 0.419 e. The third kappa shape index (κ3) is 4.35. The maximum Gasteiger partial charge on any atom is 0.419 e. The highest BCUT2D eigenvalue weighted by Gasteiger charge is 2.30. The molecule has 0 unspecified atom stereocenters. The predicted molar refractivity (Wildman–Crippen MR) is 105 cm³/mol. The minimum Gasteiger partial charge on any atom is -0.408 e. The molecule has 3 rings (SSSR count). The highest BCUT2D eigenvalue weighted by molar-refractivity contribution is 7.90. The van der Waals surface area contributed by atoms with Crippen LogP contribution in [0.4, 0.5) is 5.82 Å². The van der Waals surface area contributed by atoms with Gasteiger partial charge >= 0.3 is 5.76 Å². The van der Waals surface area contributed by atoms with E-state index in [1.165, 1.54) is 4.57 Å². The SMILES string of the molecule is Cn1c(=O)oc2cc(NC3CCC(CNS(=O)(=O)C(C)(C)C)CC3)ncc21. The molecule has 8 nitrogen and oxygen atoms in total. The molecule has 1 aliphatic carbocycles. The number of sulfonamides is 1. The first kappa shape index (κ1) is 19.9. The van der Waals surface area contributed by atoms with E-state index in [-0.39, 0.29) is 6.04 Å². The summed E-state index contributed by atoms with van der Waals surface area (Å²) in [6.45, 7) is 5.60. The molecule has 1 fully saturated rings. The highest BCUT2D eigenvalue weighted by Crippen LogP contribution is 2.27. The Morgan fingerprint density at radius 3 is 2.56 bits per heavy atom. The summed E-state index contributed by atoms with van der Waals surface area (Å²) in [5.74, 6) is 0.638. The number of aryl methyl sites for hydroxylation is 1. The van der Waals surface area contributed by atoms with Gasteiger partial charge in [0.05, 0.1) is 10.9 Å². The van der Waals surface area contributed by atoms with Crippen molar-refractivity contribution in [1.82, 2.24) is 14.3 Å². The zero-order chi connectivity index (χ0) is 19.8. The fraction of sp³-hybridized carbons (Fsp3) is 0.667. The van der Waals surface area contributed by atoms with Gasteiger partial charge in [-0.15, -0.1) is 0 Å². The van der Waals surface area contributed by atoms with E-state index in [0.717, 1.165) is 25.7 Å². The summed E-state index contributed by atoms with van der Waals surface area (Å²) in [4.78, 5) is 15.9. The maximum absolute atomic E-state index is 12.2. The first-order chi connectivity index (χ1) is 12.6. The van der Waals surface area contributed by atoms with Gasteiger partial charge in [-0.25, -0.2) is 22.9 Å².